The first-order valence-electron chi connectivity index (χ1n) is 4.17. The molecule has 0 aliphatic carbocycles. The lowest BCUT2D eigenvalue weighted by Crippen LogP contribution is -2.01. The number of carbonyl (C=O) groups is 1. The van der Waals surface area contributed by atoms with Crippen molar-refractivity contribution in [2.24, 2.45) is 0 Å². The number of nitrogens with two attached hydrogens (primary N) is 1. The molecule has 2 aromatic heterocycles. The van der Waals surface area contributed by atoms with Crippen LogP contribution in [0.15, 0.2) is 24.5 Å². The molecule has 0 unspecified atom stereocenters. The summed E-state index contributed by atoms with van der Waals surface area (Å²) >= 11 is 0. The van der Waals surface area contributed by atoms with E-state index in [0.717, 1.165) is 0 Å². The minimum Gasteiger partial charge on any atom is -0.477 e. The van der Waals surface area contributed by atoms with Gasteiger partial charge in [0, 0.05) is 18.0 Å². The normalized spacial score (nSPS) is 10.1. The van der Waals surface area contributed by atoms with Crippen molar-refractivity contribution in [3.8, 4) is 11.3 Å². The summed E-state index contributed by atoms with van der Waals surface area (Å²) < 4.78 is 0. The second-order valence-corrected chi connectivity index (χ2v) is 2.91. The zero-order valence-electron chi connectivity index (χ0n) is 7.64. The number of hydrogen-bond donors (Lipinski definition) is 3. The molecule has 0 radical (unpaired) electrons. The predicted octanol–water partition coefficient (Wildman–Crippen LogP) is 0.752. The fraction of sp³-hybridized carbons (Fsp3) is 0. The molecule has 0 saturated heterocycles. The molecule has 2 rings (SSSR count). The smallest absolute Gasteiger partial charge is 0.341 e. The summed E-state index contributed by atoms with van der Waals surface area (Å²) in [6.07, 6.45) is 3.14. The highest BCUT2D eigenvalue weighted by atomic mass is 16.4. The van der Waals surface area contributed by atoms with Gasteiger partial charge in [-0.25, -0.2) is 4.79 Å². The second kappa shape index (κ2) is 3.41. The molecule has 0 aromatic carbocycles. The number of carboxylic acid groups (broad SMARTS) is 1. The van der Waals surface area contributed by atoms with Gasteiger partial charge in [-0.1, -0.05) is 0 Å². The molecule has 0 amide bonds. The topological polar surface area (TPSA) is 105 Å². The molecule has 0 spiro atoms. The van der Waals surface area contributed by atoms with E-state index in [1.807, 2.05) is 0 Å². The van der Waals surface area contributed by atoms with Crippen LogP contribution in [0.4, 0.5) is 5.82 Å². The third kappa shape index (κ3) is 1.52. The number of carboxylic acids is 1. The molecule has 2 heterocycles. The number of nitrogens with zero attached hydrogens (tertiary/aromatic N) is 2. The Kier molecular flexibility index (Phi) is 2.09. The SMILES string of the molecule is Nc1n[nH]c(-c2cccnc2)c1C(=O)O. The van der Waals surface area contributed by atoms with Gasteiger partial charge in [0.2, 0.25) is 0 Å². The van der Waals surface area contributed by atoms with E-state index in [1.165, 1.54) is 0 Å². The summed E-state index contributed by atoms with van der Waals surface area (Å²) in [5, 5.41) is 15.2. The summed E-state index contributed by atoms with van der Waals surface area (Å²) in [7, 11) is 0. The van der Waals surface area contributed by atoms with Crippen molar-refractivity contribution in [2.45, 2.75) is 0 Å². The first-order chi connectivity index (χ1) is 7.20. The summed E-state index contributed by atoms with van der Waals surface area (Å²) in [6, 6.07) is 3.43. The van der Waals surface area contributed by atoms with E-state index in [-0.39, 0.29) is 11.4 Å². The number of nitrogens with one attached hydrogen (secondary N) is 1. The van der Waals surface area contributed by atoms with E-state index in [9.17, 15) is 4.79 Å². The highest BCUT2D eigenvalue weighted by Crippen LogP contribution is 2.23. The molecule has 0 fully saturated rings. The predicted molar refractivity (Wildman–Crippen MR) is 53.2 cm³/mol. The average molecular weight is 204 g/mol. The number of rotatable bonds is 2. The Morgan fingerprint density at radius 1 is 1.53 bits per heavy atom. The van der Waals surface area contributed by atoms with Crippen LogP contribution in [0, 0.1) is 0 Å². The Morgan fingerprint density at radius 2 is 2.33 bits per heavy atom. The standard InChI is InChI=1S/C9H8N4O2/c10-8-6(9(14)15)7(12-13-8)5-2-1-3-11-4-5/h1-4H,(H,14,15)(H3,10,12,13). The number of hydrogen-bond acceptors (Lipinski definition) is 4. The lowest BCUT2D eigenvalue weighted by Gasteiger charge is -1.98. The van der Waals surface area contributed by atoms with Crippen LogP contribution >= 0.6 is 0 Å². The molecule has 0 saturated carbocycles. The maximum absolute atomic E-state index is 10.9. The molecule has 0 aliphatic heterocycles. The van der Waals surface area contributed by atoms with Crippen molar-refractivity contribution in [1.29, 1.82) is 0 Å². The maximum atomic E-state index is 10.9. The fourth-order valence-corrected chi connectivity index (χ4v) is 1.29. The Bertz CT molecular complexity index is 492. The zero-order chi connectivity index (χ0) is 10.8. The lowest BCUT2D eigenvalue weighted by molar-refractivity contribution is 0.0699. The number of H-pyrrole nitrogens is 1. The van der Waals surface area contributed by atoms with E-state index in [2.05, 4.69) is 15.2 Å². The lowest BCUT2D eigenvalue weighted by atomic mass is 10.1. The van der Waals surface area contributed by atoms with E-state index in [1.54, 1.807) is 24.5 Å². The molecule has 76 valence electrons. The number of aromatic carboxylic acids is 1. The Balaban J connectivity index is 2.59. The minimum absolute atomic E-state index is 0.0250. The highest BCUT2D eigenvalue weighted by Gasteiger charge is 2.18. The van der Waals surface area contributed by atoms with Crippen molar-refractivity contribution in [3.05, 3.63) is 30.1 Å². The summed E-state index contributed by atoms with van der Waals surface area (Å²) in [5.74, 6) is -1.14. The quantitative estimate of drug-likeness (QED) is 0.669. The Morgan fingerprint density at radius 3 is 2.93 bits per heavy atom. The van der Waals surface area contributed by atoms with Crippen LogP contribution in [-0.4, -0.2) is 26.3 Å². The van der Waals surface area contributed by atoms with Crippen LogP contribution in [0.2, 0.25) is 0 Å². The van der Waals surface area contributed by atoms with Gasteiger partial charge in [-0.3, -0.25) is 10.1 Å². The van der Waals surface area contributed by atoms with Gasteiger partial charge in [0.05, 0.1) is 5.69 Å². The summed E-state index contributed by atoms with van der Waals surface area (Å²) in [4.78, 5) is 14.8. The minimum atomic E-state index is -1.11. The monoisotopic (exact) mass is 204 g/mol. The van der Waals surface area contributed by atoms with Gasteiger partial charge in [-0.2, -0.15) is 5.10 Å². The molecular weight excluding hydrogens is 196 g/mol. The van der Waals surface area contributed by atoms with Crippen LogP contribution in [0.1, 0.15) is 10.4 Å². The van der Waals surface area contributed by atoms with Crippen LogP contribution in [0.25, 0.3) is 11.3 Å². The summed E-state index contributed by atoms with van der Waals surface area (Å²) in [6.45, 7) is 0. The molecule has 15 heavy (non-hydrogen) atoms. The van der Waals surface area contributed by atoms with Gasteiger partial charge in [-0.05, 0) is 12.1 Å². The van der Waals surface area contributed by atoms with Crippen molar-refractivity contribution >= 4 is 11.8 Å². The molecule has 2 aromatic rings. The Labute approximate surface area is 84.8 Å². The Hall–Kier alpha value is -2.37. The fourth-order valence-electron chi connectivity index (χ4n) is 1.29. The zero-order valence-corrected chi connectivity index (χ0v) is 7.64. The third-order valence-electron chi connectivity index (χ3n) is 1.96. The first kappa shape index (κ1) is 9.20. The number of aromatic amines is 1. The number of nitrogen functional groups attached to an aromatic ring is 1. The average Bonchev–Trinajstić information content (AvgIpc) is 2.61. The van der Waals surface area contributed by atoms with E-state index >= 15 is 0 Å². The van der Waals surface area contributed by atoms with Crippen molar-refractivity contribution in [3.63, 3.8) is 0 Å². The first-order valence-corrected chi connectivity index (χ1v) is 4.17. The van der Waals surface area contributed by atoms with E-state index in [0.29, 0.717) is 11.3 Å². The van der Waals surface area contributed by atoms with Crippen LogP contribution in [-0.2, 0) is 0 Å². The molecule has 4 N–H and O–H groups in total. The van der Waals surface area contributed by atoms with Gasteiger partial charge in [0.1, 0.15) is 5.56 Å². The van der Waals surface area contributed by atoms with Crippen molar-refractivity contribution in [2.75, 3.05) is 5.73 Å². The highest BCUT2D eigenvalue weighted by molar-refractivity contribution is 5.99. The van der Waals surface area contributed by atoms with Crippen LogP contribution < -0.4 is 5.73 Å². The van der Waals surface area contributed by atoms with Crippen molar-refractivity contribution < 1.29 is 9.90 Å². The molecule has 6 nitrogen and oxygen atoms in total. The van der Waals surface area contributed by atoms with Gasteiger partial charge in [-0.15, -0.1) is 0 Å². The largest absolute Gasteiger partial charge is 0.477 e. The summed E-state index contributed by atoms with van der Waals surface area (Å²) in [5.41, 5.74) is 6.42. The van der Waals surface area contributed by atoms with Crippen LogP contribution in [0.3, 0.4) is 0 Å². The van der Waals surface area contributed by atoms with Gasteiger partial charge in [0.15, 0.2) is 5.82 Å². The molecule has 0 bridgehead atoms. The van der Waals surface area contributed by atoms with E-state index in [4.69, 9.17) is 10.8 Å². The molecule has 0 aliphatic rings. The van der Waals surface area contributed by atoms with Gasteiger partial charge >= 0.3 is 5.97 Å². The molecule has 6 heteroatoms. The van der Waals surface area contributed by atoms with E-state index < -0.39 is 5.97 Å². The van der Waals surface area contributed by atoms with Gasteiger partial charge < -0.3 is 10.8 Å². The maximum Gasteiger partial charge on any atom is 0.341 e. The van der Waals surface area contributed by atoms with Gasteiger partial charge in [0.25, 0.3) is 0 Å². The van der Waals surface area contributed by atoms with Crippen LogP contribution in [0.5, 0.6) is 0 Å². The second-order valence-electron chi connectivity index (χ2n) is 2.91. The number of anilines is 1. The molecule has 0 atom stereocenters. The number of pyridine rings is 1. The molecular formula is C9H8N4O2. The van der Waals surface area contributed by atoms with Crippen molar-refractivity contribution in [1.82, 2.24) is 15.2 Å². The third-order valence-corrected chi connectivity index (χ3v) is 1.96. The number of aromatic nitrogens is 3.